The maximum atomic E-state index is 12.7. The molecule has 0 aliphatic carbocycles. The minimum atomic E-state index is -4.31. The van der Waals surface area contributed by atoms with Crippen molar-refractivity contribution in [3.8, 4) is 0 Å². The fourth-order valence-corrected chi connectivity index (χ4v) is 1.96. The van der Waals surface area contributed by atoms with Gasteiger partial charge in [0.15, 0.2) is 0 Å². The predicted molar refractivity (Wildman–Crippen MR) is 63.1 cm³/mol. The van der Waals surface area contributed by atoms with Gasteiger partial charge in [0.1, 0.15) is 0 Å². The van der Waals surface area contributed by atoms with Crippen LogP contribution < -0.4 is 4.90 Å². The van der Waals surface area contributed by atoms with Crippen molar-refractivity contribution in [1.82, 2.24) is 0 Å². The highest BCUT2D eigenvalue weighted by atomic mass is 79.9. The highest BCUT2D eigenvalue weighted by molar-refractivity contribution is 9.09. The largest absolute Gasteiger partial charge is 0.418 e. The Balaban J connectivity index is 3.04. The van der Waals surface area contributed by atoms with Crippen molar-refractivity contribution in [2.24, 2.45) is 0 Å². The predicted octanol–water partition coefficient (Wildman–Crippen LogP) is 3.93. The van der Waals surface area contributed by atoms with Gasteiger partial charge in [0.25, 0.3) is 0 Å². The van der Waals surface area contributed by atoms with Crippen LogP contribution in [0.2, 0.25) is 0 Å². The highest BCUT2D eigenvalue weighted by Crippen LogP contribution is 2.36. The number of alkyl halides is 4. The van der Waals surface area contributed by atoms with Gasteiger partial charge in [-0.1, -0.05) is 35.0 Å². The van der Waals surface area contributed by atoms with Crippen LogP contribution in [0.4, 0.5) is 18.9 Å². The molecule has 1 nitrogen and oxygen atoms in total. The first kappa shape index (κ1) is 13.4. The fraction of sp³-hybridized carbons (Fsp3) is 0.455. The zero-order valence-corrected chi connectivity index (χ0v) is 10.6. The van der Waals surface area contributed by atoms with Gasteiger partial charge in [0.05, 0.1) is 5.56 Å². The van der Waals surface area contributed by atoms with E-state index in [0.29, 0.717) is 6.54 Å². The molecule has 90 valence electrons. The molecule has 1 aromatic carbocycles. The van der Waals surface area contributed by atoms with Crippen LogP contribution in [0, 0.1) is 0 Å². The molecule has 0 radical (unpaired) electrons. The number of para-hydroxylation sites is 1. The molecule has 0 amide bonds. The van der Waals surface area contributed by atoms with Crippen LogP contribution in [0.5, 0.6) is 0 Å². The van der Waals surface area contributed by atoms with Crippen LogP contribution in [-0.2, 0) is 6.18 Å². The summed E-state index contributed by atoms with van der Waals surface area (Å²) in [4.78, 5) is 1.74. The summed E-state index contributed by atoms with van der Waals surface area (Å²) >= 11 is 3.32. The molecule has 0 bridgehead atoms. The molecule has 0 spiro atoms. The van der Waals surface area contributed by atoms with Crippen molar-refractivity contribution in [1.29, 1.82) is 0 Å². The number of nitrogens with zero attached hydrogens (tertiary/aromatic N) is 1. The van der Waals surface area contributed by atoms with Gasteiger partial charge in [-0.05, 0) is 12.1 Å². The Kier molecular flexibility index (Phi) is 4.24. The van der Waals surface area contributed by atoms with Crippen LogP contribution in [-0.4, -0.2) is 18.4 Å². The van der Waals surface area contributed by atoms with E-state index in [-0.39, 0.29) is 10.5 Å². The molecule has 0 fully saturated rings. The minimum absolute atomic E-state index is 0.138. The smallest absolute Gasteiger partial charge is 0.373 e. The molecule has 1 unspecified atom stereocenters. The summed E-state index contributed by atoms with van der Waals surface area (Å²) in [7, 11) is 1.66. The van der Waals surface area contributed by atoms with Crippen LogP contribution >= 0.6 is 15.9 Å². The van der Waals surface area contributed by atoms with E-state index in [2.05, 4.69) is 15.9 Å². The van der Waals surface area contributed by atoms with E-state index >= 15 is 0 Å². The SMILES string of the molecule is CC(Br)CN(C)c1ccccc1C(F)(F)F. The van der Waals surface area contributed by atoms with E-state index in [0.717, 1.165) is 6.07 Å². The van der Waals surface area contributed by atoms with Gasteiger partial charge in [-0.25, -0.2) is 0 Å². The third-order valence-electron chi connectivity index (χ3n) is 2.15. The maximum Gasteiger partial charge on any atom is 0.418 e. The lowest BCUT2D eigenvalue weighted by atomic mass is 10.1. The average molecular weight is 296 g/mol. The summed E-state index contributed by atoms with van der Waals surface area (Å²) in [5, 5.41) is 0. The third-order valence-corrected chi connectivity index (χ3v) is 2.44. The topological polar surface area (TPSA) is 3.24 Å². The van der Waals surface area contributed by atoms with Crippen molar-refractivity contribution in [2.45, 2.75) is 17.9 Å². The van der Waals surface area contributed by atoms with Crippen molar-refractivity contribution in [3.63, 3.8) is 0 Å². The van der Waals surface area contributed by atoms with Gasteiger partial charge < -0.3 is 4.90 Å². The highest BCUT2D eigenvalue weighted by Gasteiger charge is 2.34. The molecule has 0 aliphatic rings. The van der Waals surface area contributed by atoms with Gasteiger partial charge in [-0.15, -0.1) is 0 Å². The fourth-order valence-electron chi connectivity index (χ4n) is 1.52. The van der Waals surface area contributed by atoms with Crippen molar-refractivity contribution in [3.05, 3.63) is 29.8 Å². The number of benzene rings is 1. The monoisotopic (exact) mass is 295 g/mol. The van der Waals surface area contributed by atoms with Crippen molar-refractivity contribution >= 4 is 21.6 Å². The van der Waals surface area contributed by atoms with Gasteiger partial charge in [0.2, 0.25) is 0 Å². The number of anilines is 1. The summed E-state index contributed by atoms with van der Waals surface area (Å²) < 4.78 is 38.1. The molecule has 0 heterocycles. The molecule has 1 atom stereocenters. The second-order valence-corrected chi connectivity index (χ2v) is 5.24. The van der Waals surface area contributed by atoms with Gasteiger partial charge in [-0.3, -0.25) is 0 Å². The van der Waals surface area contributed by atoms with E-state index in [4.69, 9.17) is 0 Å². The van der Waals surface area contributed by atoms with E-state index in [1.54, 1.807) is 18.0 Å². The number of rotatable bonds is 3. The quantitative estimate of drug-likeness (QED) is 0.764. The van der Waals surface area contributed by atoms with Crippen LogP contribution in [0.25, 0.3) is 0 Å². The number of hydrogen-bond donors (Lipinski definition) is 0. The molecule has 0 saturated heterocycles. The Bertz CT molecular complexity index is 349. The van der Waals surface area contributed by atoms with Crippen LogP contribution in [0.15, 0.2) is 24.3 Å². The lowest BCUT2D eigenvalue weighted by Crippen LogP contribution is -2.26. The van der Waals surface area contributed by atoms with Crippen molar-refractivity contribution in [2.75, 3.05) is 18.5 Å². The summed E-state index contributed by atoms with van der Waals surface area (Å²) in [6.45, 7) is 2.42. The second kappa shape index (κ2) is 5.08. The second-order valence-electron chi connectivity index (χ2n) is 3.68. The van der Waals surface area contributed by atoms with Crippen LogP contribution in [0.3, 0.4) is 0 Å². The van der Waals surface area contributed by atoms with E-state index < -0.39 is 11.7 Å². The Morgan fingerprint density at radius 3 is 2.38 bits per heavy atom. The molecule has 1 rings (SSSR count). The molecule has 16 heavy (non-hydrogen) atoms. The summed E-state index contributed by atoms with van der Waals surface area (Å²) in [6, 6.07) is 5.60. The Labute approximate surface area is 101 Å². The van der Waals surface area contributed by atoms with Gasteiger partial charge >= 0.3 is 6.18 Å². The Morgan fingerprint density at radius 1 is 1.31 bits per heavy atom. The first-order valence-corrected chi connectivity index (χ1v) is 5.75. The van der Waals surface area contributed by atoms with Gasteiger partial charge in [-0.2, -0.15) is 13.2 Å². The summed E-state index contributed by atoms with van der Waals surface area (Å²) in [5.41, 5.74) is -0.382. The molecular weight excluding hydrogens is 283 g/mol. The van der Waals surface area contributed by atoms with Crippen molar-refractivity contribution < 1.29 is 13.2 Å². The maximum absolute atomic E-state index is 12.7. The van der Waals surface area contributed by atoms with E-state index in [9.17, 15) is 13.2 Å². The minimum Gasteiger partial charge on any atom is -0.373 e. The first-order valence-electron chi connectivity index (χ1n) is 4.84. The first-order chi connectivity index (χ1) is 7.32. The molecule has 1 aromatic rings. The zero-order chi connectivity index (χ0) is 12.3. The van der Waals surface area contributed by atoms with E-state index in [1.807, 2.05) is 6.92 Å². The lowest BCUT2D eigenvalue weighted by molar-refractivity contribution is -0.137. The molecule has 0 aliphatic heterocycles. The van der Waals surface area contributed by atoms with Crippen LogP contribution in [0.1, 0.15) is 12.5 Å². The molecular formula is C11H13BrF3N. The molecule has 0 saturated carbocycles. The standard InChI is InChI=1S/C11H13BrF3N/c1-8(12)7-16(2)10-6-4-3-5-9(10)11(13,14)15/h3-6,8H,7H2,1-2H3. The molecule has 0 aromatic heterocycles. The number of halogens is 4. The Hall–Kier alpha value is -0.710. The zero-order valence-electron chi connectivity index (χ0n) is 9.05. The average Bonchev–Trinajstić information content (AvgIpc) is 2.15. The normalized spacial score (nSPS) is 13.6. The molecule has 0 N–H and O–H groups in total. The summed E-state index contributed by atoms with van der Waals surface area (Å²) in [6.07, 6.45) is -4.31. The molecule has 5 heteroatoms. The summed E-state index contributed by atoms with van der Waals surface area (Å²) in [5.74, 6) is 0. The number of hydrogen-bond acceptors (Lipinski definition) is 1. The third kappa shape index (κ3) is 3.40. The van der Waals surface area contributed by atoms with E-state index in [1.165, 1.54) is 12.1 Å². The lowest BCUT2D eigenvalue weighted by Gasteiger charge is -2.24. The van der Waals surface area contributed by atoms with Gasteiger partial charge in [0, 0.05) is 24.1 Å². The Morgan fingerprint density at radius 2 is 1.88 bits per heavy atom.